The lowest BCUT2D eigenvalue weighted by Crippen LogP contribution is -2.15. The Bertz CT molecular complexity index is 373. The molecular formula is C9H9NO4. The number of benzene rings is 1. The highest BCUT2D eigenvalue weighted by atomic mass is 16.4. The van der Waals surface area contributed by atoms with Gasteiger partial charge < -0.3 is 15.4 Å². The van der Waals surface area contributed by atoms with Gasteiger partial charge in [-0.1, -0.05) is 17.3 Å². The van der Waals surface area contributed by atoms with Crippen molar-refractivity contribution in [3.05, 3.63) is 29.8 Å². The third-order valence-corrected chi connectivity index (χ3v) is 1.65. The van der Waals surface area contributed by atoms with Crippen LogP contribution in [0.15, 0.2) is 29.4 Å². The Kier molecular flexibility index (Phi) is 3.06. The summed E-state index contributed by atoms with van der Waals surface area (Å²) in [4.78, 5) is 10.5. The van der Waals surface area contributed by atoms with Crippen molar-refractivity contribution in [2.24, 2.45) is 5.16 Å². The lowest BCUT2D eigenvalue weighted by molar-refractivity contribution is -0.129. The van der Waals surface area contributed by atoms with Crippen LogP contribution >= 0.6 is 0 Å². The summed E-state index contributed by atoms with van der Waals surface area (Å²) in [6.07, 6.45) is -0.0275. The molecule has 3 N–H and O–H groups in total. The molecule has 14 heavy (non-hydrogen) atoms. The van der Waals surface area contributed by atoms with Gasteiger partial charge in [0.1, 0.15) is 5.75 Å². The number of aliphatic carboxylic acids is 1. The number of oxime groups is 1. The van der Waals surface area contributed by atoms with E-state index in [9.17, 15) is 4.79 Å². The number of hydrogen-bond acceptors (Lipinski definition) is 4. The number of carbonyl (C=O) groups is 1. The minimum atomic E-state index is -1.28. The van der Waals surface area contributed by atoms with Gasteiger partial charge in [0, 0.05) is 6.42 Å². The molecule has 0 spiro atoms. The van der Waals surface area contributed by atoms with Crippen LogP contribution in [0.5, 0.6) is 5.75 Å². The summed E-state index contributed by atoms with van der Waals surface area (Å²) >= 11 is 0. The van der Waals surface area contributed by atoms with Crippen LogP contribution in [0.25, 0.3) is 0 Å². The Morgan fingerprint density at radius 3 is 2.64 bits per heavy atom. The summed E-state index contributed by atoms with van der Waals surface area (Å²) in [6, 6.07) is 6.10. The first-order valence-corrected chi connectivity index (χ1v) is 3.85. The summed E-state index contributed by atoms with van der Waals surface area (Å²) in [5.41, 5.74) is 0.204. The number of carboxylic acid groups (broad SMARTS) is 1. The van der Waals surface area contributed by atoms with Gasteiger partial charge in [-0.3, -0.25) is 0 Å². The standard InChI is InChI=1S/C9H9NO4/c11-7-3-1-2-6(4-7)5-8(10-14)9(12)13/h1-4,11,14H,5H2,(H,12,13). The van der Waals surface area contributed by atoms with Crippen LogP contribution in [-0.4, -0.2) is 27.1 Å². The molecule has 1 rings (SSSR count). The molecule has 0 unspecified atom stereocenters. The Morgan fingerprint density at radius 1 is 1.43 bits per heavy atom. The van der Waals surface area contributed by atoms with Gasteiger partial charge in [-0.05, 0) is 17.7 Å². The van der Waals surface area contributed by atoms with Crippen molar-refractivity contribution in [2.75, 3.05) is 0 Å². The molecule has 5 nitrogen and oxygen atoms in total. The maximum Gasteiger partial charge on any atom is 0.354 e. The molecule has 0 amide bonds. The number of aromatic hydroxyl groups is 1. The first-order chi connectivity index (χ1) is 6.63. The molecule has 0 atom stereocenters. The van der Waals surface area contributed by atoms with Gasteiger partial charge in [-0.2, -0.15) is 0 Å². The zero-order valence-electron chi connectivity index (χ0n) is 7.21. The fourth-order valence-corrected chi connectivity index (χ4v) is 1.01. The molecule has 5 heteroatoms. The summed E-state index contributed by atoms with van der Waals surface area (Å²) in [5, 5.41) is 28.7. The molecule has 1 aromatic rings. The van der Waals surface area contributed by atoms with Crippen LogP contribution in [0.2, 0.25) is 0 Å². The highest BCUT2D eigenvalue weighted by Crippen LogP contribution is 2.11. The van der Waals surface area contributed by atoms with Crippen molar-refractivity contribution in [2.45, 2.75) is 6.42 Å². The van der Waals surface area contributed by atoms with E-state index in [0.717, 1.165) is 0 Å². The lowest BCUT2D eigenvalue weighted by Gasteiger charge is -2.00. The second kappa shape index (κ2) is 4.27. The summed E-state index contributed by atoms with van der Waals surface area (Å²) in [5.74, 6) is -1.24. The molecule has 0 saturated heterocycles. The first-order valence-electron chi connectivity index (χ1n) is 3.85. The quantitative estimate of drug-likeness (QED) is 0.379. The van der Waals surface area contributed by atoms with Gasteiger partial charge >= 0.3 is 5.97 Å². The molecule has 74 valence electrons. The van der Waals surface area contributed by atoms with Crippen molar-refractivity contribution in [1.82, 2.24) is 0 Å². The average molecular weight is 195 g/mol. The highest BCUT2D eigenvalue weighted by molar-refractivity contribution is 6.35. The number of phenolic OH excluding ortho intramolecular Hbond substituents is 1. The smallest absolute Gasteiger partial charge is 0.354 e. The molecule has 0 aliphatic rings. The normalized spacial score (nSPS) is 11.3. The Labute approximate surface area is 79.9 Å². The van der Waals surface area contributed by atoms with Crippen LogP contribution in [-0.2, 0) is 11.2 Å². The van der Waals surface area contributed by atoms with Crippen molar-refractivity contribution in [1.29, 1.82) is 0 Å². The van der Waals surface area contributed by atoms with Crippen molar-refractivity contribution >= 4 is 11.7 Å². The summed E-state index contributed by atoms with van der Waals surface area (Å²) in [6.45, 7) is 0. The van der Waals surface area contributed by atoms with E-state index in [1.54, 1.807) is 12.1 Å². The van der Waals surface area contributed by atoms with Gasteiger partial charge in [0.15, 0.2) is 5.71 Å². The fraction of sp³-hybridized carbons (Fsp3) is 0.111. The van der Waals surface area contributed by atoms with Gasteiger partial charge in [-0.25, -0.2) is 4.79 Å². The minimum absolute atomic E-state index is 0.0275. The minimum Gasteiger partial charge on any atom is -0.508 e. The maximum absolute atomic E-state index is 10.5. The van der Waals surface area contributed by atoms with Crippen molar-refractivity contribution < 1.29 is 20.2 Å². The second-order valence-electron chi connectivity index (χ2n) is 2.70. The molecule has 0 saturated carbocycles. The van der Waals surface area contributed by atoms with Gasteiger partial charge in [-0.15, -0.1) is 0 Å². The lowest BCUT2D eigenvalue weighted by atomic mass is 10.1. The maximum atomic E-state index is 10.5. The molecule has 0 bridgehead atoms. The van der Waals surface area contributed by atoms with E-state index in [0.29, 0.717) is 5.56 Å². The number of carboxylic acids is 1. The van der Waals surface area contributed by atoms with E-state index >= 15 is 0 Å². The van der Waals surface area contributed by atoms with E-state index in [1.165, 1.54) is 12.1 Å². The van der Waals surface area contributed by atoms with Gasteiger partial charge in [0.25, 0.3) is 0 Å². The number of phenols is 1. The van der Waals surface area contributed by atoms with Crippen LogP contribution in [0.3, 0.4) is 0 Å². The van der Waals surface area contributed by atoms with Gasteiger partial charge in [0.05, 0.1) is 0 Å². The molecule has 0 heterocycles. The second-order valence-corrected chi connectivity index (χ2v) is 2.70. The van der Waals surface area contributed by atoms with E-state index in [-0.39, 0.29) is 17.9 Å². The molecule has 0 fully saturated rings. The predicted molar refractivity (Wildman–Crippen MR) is 48.7 cm³/mol. The highest BCUT2D eigenvalue weighted by Gasteiger charge is 2.10. The number of rotatable bonds is 3. The molecular weight excluding hydrogens is 186 g/mol. The van der Waals surface area contributed by atoms with Crippen LogP contribution in [0.4, 0.5) is 0 Å². The summed E-state index contributed by atoms with van der Waals surface area (Å²) < 4.78 is 0. The van der Waals surface area contributed by atoms with E-state index in [4.69, 9.17) is 15.4 Å². The average Bonchev–Trinajstić information content (AvgIpc) is 2.14. The number of nitrogens with zero attached hydrogens (tertiary/aromatic N) is 1. The SMILES string of the molecule is O=C(O)C(Cc1cccc(O)c1)=NO. The molecule has 0 radical (unpaired) electrons. The Balaban J connectivity index is 2.83. The Morgan fingerprint density at radius 2 is 2.14 bits per heavy atom. The topological polar surface area (TPSA) is 90.1 Å². The first kappa shape index (κ1) is 10.0. The van der Waals surface area contributed by atoms with E-state index in [1.807, 2.05) is 0 Å². The largest absolute Gasteiger partial charge is 0.508 e. The zero-order valence-corrected chi connectivity index (χ0v) is 7.21. The summed E-state index contributed by atoms with van der Waals surface area (Å²) in [7, 11) is 0. The van der Waals surface area contributed by atoms with E-state index < -0.39 is 5.97 Å². The molecule has 0 aliphatic carbocycles. The predicted octanol–water partition coefficient (Wildman–Crippen LogP) is 0.849. The Hall–Kier alpha value is -2.04. The van der Waals surface area contributed by atoms with Gasteiger partial charge in [0.2, 0.25) is 0 Å². The molecule has 0 aromatic heterocycles. The third kappa shape index (κ3) is 2.48. The monoisotopic (exact) mass is 195 g/mol. The molecule has 0 aliphatic heterocycles. The van der Waals surface area contributed by atoms with Crippen LogP contribution < -0.4 is 0 Å². The molecule has 1 aromatic carbocycles. The number of hydrogen-bond donors (Lipinski definition) is 3. The van der Waals surface area contributed by atoms with Crippen LogP contribution in [0.1, 0.15) is 5.56 Å². The third-order valence-electron chi connectivity index (χ3n) is 1.65. The van der Waals surface area contributed by atoms with E-state index in [2.05, 4.69) is 5.16 Å². The van der Waals surface area contributed by atoms with Crippen molar-refractivity contribution in [3.63, 3.8) is 0 Å². The zero-order chi connectivity index (χ0) is 10.6. The van der Waals surface area contributed by atoms with Crippen molar-refractivity contribution in [3.8, 4) is 5.75 Å². The van der Waals surface area contributed by atoms with Crippen LogP contribution in [0, 0.1) is 0 Å². The fourth-order valence-electron chi connectivity index (χ4n) is 1.01.